The van der Waals surface area contributed by atoms with Crippen molar-refractivity contribution in [1.29, 1.82) is 5.26 Å². The highest BCUT2D eigenvalue weighted by atomic mass is 31.2. The van der Waals surface area contributed by atoms with Crippen LogP contribution < -0.4 is 20.5 Å². The van der Waals surface area contributed by atoms with Gasteiger partial charge >= 0.3 is 5.69 Å². The summed E-state index contributed by atoms with van der Waals surface area (Å²) in [6, 6.07) is 38.0. The Morgan fingerprint density at radius 3 is 1.88 bits per heavy atom. The van der Waals surface area contributed by atoms with Crippen molar-refractivity contribution >= 4 is 28.6 Å². The molecule has 0 radical (unpaired) electrons. The fraction of sp³-hybridized carbons (Fsp3) is 0.423. The zero-order valence-corrected chi connectivity index (χ0v) is 42.9. The van der Waals surface area contributed by atoms with Gasteiger partial charge in [0.1, 0.15) is 41.2 Å². The summed E-state index contributed by atoms with van der Waals surface area (Å²) in [4.78, 5) is 31.9. The summed E-state index contributed by atoms with van der Waals surface area (Å²) in [5, 5.41) is 12.1. The predicted molar refractivity (Wildman–Crippen MR) is 267 cm³/mol. The van der Waals surface area contributed by atoms with E-state index in [0.29, 0.717) is 17.1 Å². The van der Waals surface area contributed by atoms with E-state index in [2.05, 4.69) is 82.6 Å². The normalized spacial score (nSPS) is 18.1. The minimum atomic E-state index is -2.68. The highest BCUT2D eigenvalue weighted by Gasteiger charge is 2.54. The van der Waals surface area contributed by atoms with Crippen LogP contribution in [0.25, 0.3) is 0 Å². The Morgan fingerprint density at radius 1 is 0.838 bits per heavy atom. The number of nitrogens with one attached hydrogen (secondary N) is 1. The molecule has 1 amide bonds. The quantitative estimate of drug-likeness (QED) is 0.0322. The van der Waals surface area contributed by atoms with Gasteiger partial charge in [-0.15, -0.1) is 0 Å². The van der Waals surface area contributed by atoms with E-state index >= 15 is 0 Å². The largest absolute Gasteiger partial charge is 0.497 e. The van der Waals surface area contributed by atoms with Gasteiger partial charge in [0.05, 0.1) is 39.9 Å². The van der Waals surface area contributed by atoms with Crippen LogP contribution in [-0.4, -0.2) is 86.3 Å². The van der Waals surface area contributed by atoms with Gasteiger partial charge in [-0.25, -0.2) is 9.46 Å². The molecule has 1 fully saturated rings. The second kappa shape index (κ2) is 22.9. The van der Waals surface area contributed by atoms with Crippen LogP contribution >= 0.6 is 8.53 Å². The first kappa shape index (κ1) is 52.1. The molecule has 6 rings (SSSR count). The topological polar surface area (TPSA) is 156 Å². The van der Waals surface area contributed by atoms with Gasteiger partial charge in [-0.1, -0.05) is 93.6 Å². The molecule has 5 aromatic rings. The monoisotopic (exact) mass is 963 g/mol. The van der Waals surface area contributed by atoms with Crippen molar-refractivity contribution in [2.45, 2.75) is 115 Å². The van der Waals surface area contributed by atoms with Gasteiger partial charge in [-0.3, -0.25) is 9.36 Å². The number of carbonyl (C=O) groups is 1. The van der Waals surface area contributed by atoms with Crippen molar-refractivity contribution in [3.05, 3.63) is 154 Å². The lowest BCUT2D eigenvalue weighted by molar-refractivity contribution is -0.0944. The van der Waals surface area contributed by atoms with Gasteiger partial charge in [0.25, 0.3) is 14.4 Å². The number of amides is 1. The third-order valence-electron chi connectivity index (χ3n) is 12.4. The van der Waals surface area contributed by atoms with Crippen LogP contribution in [0.5, 0.6) is 11.5 Å². The average molecular weight is 964 g/mol. The van der Waals surface area contributed by atoms with E-state index < -0.39 is 58.6 Å². The SMILES string of the molecule is COc1ccc(C(OC[C@H]2O[C@@H](n3ccc(NC(=O)c4ccccc4)nc3=O)[C@H](OP(OCCC#N)N(C(C)C)C(C)C)[C@@H]2O[Si](C)(C)C(C)(C)C)(c2ccccc2)c2ccc(OC)cc2)cc1. The lowest BCUT2D eigenvalue weighted by Crippen LogP contribution is -2.51. The maximum absolute atomic E-state index is 14.4. The van der Waals surface area contributed by atoms with Crippen molar-refractivity contribution in [2.24, 2.45) is 0 Å². The van der Waals surface area contributed by atoms with Crippen LogP contribution in [0.1, 0.15) is 88.2 Å². The number of anilines is 1. The second-order valence-electron chi connectivity index (χ2n) is 18.7. The number of hydrogen-bond acceptors (Lipinski definition) is 12. The maximum Gasteiger partial charge on any atom is 0.351 e. The van der Waals surface area contributed by atoms with Crippen molar-refractivity contribution in [3.63, 3.8) is 0 Å². The lowest BCUT2D eigenvalue weighted by Gasteiger charge is -2.43. The van der Waals surface area contributed by atoms with Crippen LogP contribution in [0.2, 0.25) is 18.1 Å². The fourth-order valence-corrected chi connectivity index (χ4v) is 11.0. The van der Waals surface area contributed by atoms with Gasteiger partial charge < -0.3 is 37.7 Å². The summed E-state index contributed by atoms with van der Waals surface area (Å²) < 4.78 is 50.5. The molecule has 0 spiro atoms. The Morgan fingerprint density at radius 2 is 1.38 bits per heavy atom. The first-order valence-corrected chi connectivity index (χ1v) is 27.0. The first-order chi connectivity index (χ1) is 32.4. The number of ether oxygens (including phenoxy) is 4. The molecule has 0 saturated carbocycles. The van der Waals surface area contributed by atoms with E-state index in [9.17, 15) is 14.9 Å². The van der Waals surface area contributed by atoms with Gasteiger partial charge in [0.15, 0.2) is 14.5 Å². The van der Waals surface area contributed by atoms with E-state index in [-0.39, 0.29) is 42.6 Å². The van der Waals surface area contributed by atoms with Crippen LogP contribution in [0.15, 0.2) is 126 Å². The molecule has 362 valence electrons. The van der Waals surface area contributed by atoms with Crippen LogP contribution in [-0.2, 0) is 28.5 Å². The predicted octanol–water partition coefficient (Wildman–Crippen LogP) is 10.5. The van der Waals surface area contributed by atoms with E-state index in [1.807, 2.05) is 84.9 Å². The number of benzene rings is 4. The van der Waals surface area contributed by atoms with E-state index in [4.69, 9.17) is 32.4 Å². The number of nitrogens with zero attached hydrogens (tertiary/aromatic N) is 4. The van der Waals surface area contributed by atoms with Crippen LogP contribution in [0, 0.1) is 11.3 Å². The van der Waals surface area contributed by atoms with Crippen molar-refractivity contribution < 1.29 is 37.2 Å². The number of carbonyl (C=O) groups excluding carboxylic acids is 1. The van der Waals surface area contributed by atoms with Crippen LogP contribution in [0.4, 0.5) is 5.82 Å². The number of aromatic nitrogens is 2. The molecule has 1 unspecified atom stereocenters. The Bertz CT molecular complexity index is 2440. The number of hydrogen-bond donors (Lipinski definition) is 1. The molecule has 1 aliphatic rings. The fourth-order valence-electron chi connectivity index (χ4n) is 7.97. The molecule has 1 aromatic heterocycles. The molecule has 4 aromatic carbocycles. The third-order valence-corrected chi connectivity index (χ3v) is 19.0. The third kappa shape index (κ3) is 11.9. The highest BCUT2D eigenvalue weighted by molar-refractivity contribution is 7.44. The van der Waals surface area contributed by atoms with Crippen molar-refractivity contribution in [1.82, 2.24) is 14.2 Å². The van der Waals surface area contributed by atoms with Crippen molar-refractivity contribution in [3.8, 4) is 17.6 Å². The average Bonchev–Trinajstić information content (AvgIpc) is 3.64. The Balaban J connectivity index is 1.52. The maximum atomic E-state index is 14.4. The van der Waals surface area contributed by atoms with Gasteiger partial charge in [0.2, 0.25) is 0 Å². The molecular formula is C52H66N5O9PSi. The molecule has 5 atom stereocenters. The summed E-state index contributed by atoms with van der Waals surface area (Å²) in [5.74, 6) is 1.03. The second-order valence-corrected chi connectivity index (χ2v) is 24.8. The molecule has 1 N–H and O–H groups in total. The minimum Gasteiger partial charge on any atom is -0.497 e. The van der Waals surface area contributed by atoms with E-state index in [1.54, 1.807) is 50.7 Å². The number of methoxy groups -OCH3 is 2. The lowest BCUT2D eigenvalue weighted by atomic mass is 9.80. The minimum absolute atomic E-state index is 0.0276. The molecular weight excluding hydrogens is 898 g/mol. The summed E-state index contributed by atoms with van der Waals surface area (Å²) in [5.41, 5.74) is 1.02. The summed E-state index contributed by atoms with van der Waals surface area (Å²) in [6.07, 6.45) is -2.05. The molecule has 2 heterocycles. The van der Waals surface area contributed by atoms with E-state index in [1.165, 1.54) is 4.57 Å². The standard InChI is InChI=1S/C52H66N5O9PSi/c1-36(2)57(37(3)4)67(63-34-18-32-53)65-47-46(66-68(10,11)51(5,6)7)44(64-49(47)56-33-31-45(55-50(56)59)54-48(58)38-19-14-12-15-20-38)35-62-52(39-21-16-13-17-22-39,40-23-27-42(60-8)28-24-40)41-25-29-43(61-9)30-26-41/h12-17,19-31,33,36-37,44,46-47,49H,18,34-35H2,1-11H3,(H,54,55,58,59)/t44-,46-,47-,49-,67?/m1/s1. The Hall–Kier alpha value is -5.27. The van der Waals surface area contributed by atoms with Crippen molar-refractivity contribution in [2.75, 3.05) is 32.8 Å². The summed E-state index contributed by atoms with van der Waals surface area (Å²) >= 11 is 0. The zero-order chi connectivity index (χ0) is 49.2. The highest BCUT2D eigenvalue weighted by Crippen LogP contribution is 2.52. The molecule has 1 aliphatic heterocycles. The number of nitriles is 1. The first-order valence-electron chi connectivity index (χ1n) is 23.0. The number of rotatable bonds is 21. The van der Waals surface area contributed by atoms with Crippen LogP contribution in [0.3, 0.4) is 0 Å². The molecule has 14 nitrogen and oxygen atoms in total. The molecule has 16 heteroatoms. The van der Waals surface area contributed by atoms with E-state index in [0.717, 1.165) is 16.7 Å². The van der Waals surface area contributed by atoms with Gasteiger partial charge in [0, 0.05) is 23.8 Å². The molecule has 68 heavy (non-hydrogen) atoms. The van der Waals surface area contributed by atoms with Gasteiger partial charge in [-0.05, 0) is 105 Å². The Labute approximate surface area is 403 Å². The summed E-state index contributed by atoms with van der Waals surface area (Å²) in [7, 11) is -1.30. The van der Waals surface area contributed by atoms with Gasteiger partial charge in [-0.2, -0.15) is 10.2 Å². The summed E-state index contributed by atoms with van der Waals surface area (Å²) in [6.45, 7) is 19.1. The molecule has 0 bridgehead atoms. The molecule has 0 aliphatic carbocycles. The zero-order valence-electron chi connectivity index (χ0n) is 41.0. The Kier molecular flexibility index (Phi) is 17.5. The smallest absolute Gasteiger partial charge is 0.351 e. The molecule has 1 saturated heterocycles.